The molecule has 108 valence electrons. The topological polar surface area (TPSA) is 45.5 Å². The highest BCUT2D eigenvalue weighted by Gasteiger charge is 2.54. The summed E-state index contributed by atoms with van der Waals surface area (Å²) in [6, 6.07) is 8.27. The Labute approximate surface area is 123 Å². The second kappa shape index (κ2) is 4.21. The van der Waals surface area contributed by atoms with Crippen molar-refractivity contribution in [3.05, 3.63) is 48.2 Å². The van der Waals surface area contributed by atoms with E-state index in [-0.39, 0.29) is 18.0 Å². The van der Waals surface area contributed by atoms with Crippen LogP contribution in [0.3, 0.4) is 0 Å². The smallest absolute Gasteiger partial charge is 0.310 e. The van der Waals surface area contributed by atoms with E-state index >= 15 is 0 Å². The van der Waals surface area contributed by atoms with Gasteiger partial charge >= 0.3 is 5.97 Å². The third-order valence-corrected chi connectivity index (χ3v) is 5.14. The highest BCUT2D eigenvalue weighted by molar-refractivity contribution is 5.87. The van der Waals surface area contributed by atoms with Crippen molar-refractivity contribution in [3.63, 3.8) is 0 Å². The van der Waals surface area contributed by atoms with Gasteiger partial charge in [-0.15, -0.1) is 6.58 Å². The van der Waals surface area contributed by atoms with Crippen LogP contribution in [-0.2, 0) is 18.3 Å². The Hall–Kier alpha value is -2.07. The first kappa shape index (κ1) is 12.7. The Morgan fingerprint density at radius 1 is 1.43 bits per heavy atom. The van der Waals surface area contributed by atoms with Crippen molar-refractivity contribution in [3.8, 4) is 0 Å². The van der Waals surface area contributed by atoms with Crippen LogP contribution in [0.2, 0.25) is 0 Å². The first-order valence-electron chi connectivity index (χ1n) is 7.32. The number of hydrogen-bond acceptors (Lipinski definition) is 2. The van der Waals surface area contributed by atoms with E-state index in [1.54, 1.807) is 6.08 Å². The van der Waals surface area contributed by atoms with Crippen molar-refractivity contribution in [2.45, 2.75) is 18.5 Å². The van der Waals surface area contributed by atoms with E-state index in [1.807, 2.05) is 13.1 Å². The Morgan fingerprint density at radius 3 is 2.90 bits per heavy atom. The molecule has 1 fully saturated rings. The minimum absolute atomic E-state index is 0.0216. The molecule has 4 nitrogen and oxygen atoms in total. The SMILES string of the molecule is C=C[C@@H]1[C@H](C(=O)O)[C@H]2c3c(c4ccccc4n3C)CCN12. The summed E-state index contributed by atoms with van der Waals surface area (Å²) in [6.45, 7) is 4.72. The van der Waals surface area contributed by atoms with Gasteiger partial charge in [-0.25, -0.2) is 0 Å². The number of carboxylic acids is 1. The summed E-state index contributed by atoms with van der Waals surface area (Å²) in [7, 11) is 2.05. The maximum atomic E-state index is 11.7. The minimum Gasteiger partial charge on any atom is -0.481 e. The number of aliphatic carboxylic acids is 1. The summed E-state index contributed by atoms with van der Waals surface area (Å²) in [5.41, 5.74) is 3.69. The van der Waals surface area contributed by atoms with E-state index in [1.165, 1.54) is 22.2 Å². The van der Waals surface area contributed by atoms with Gasteiger partial charge in [0.2, 0.25) is 0 Å². The zero-order valence-electron chi connectivity index (χ0n) is 12.0. The molecular formula is C17H18N2O2. The van der Waals surface area contributed by atoms with E-state index in [2.05, 4.69) is 34.2 Å². The molecule has 2 aromatic rings. The number of rotatable bonds is 2. The highest BCUT2D eigenvalue weighted by atomic mass is 16.4. The van der Waals surface area contributed by atoms with Crippen LogP contribution in [0.1, 0.15) is 17.3 Å². The van der Waals surface area contributed by atoms with Gasteiger partial charge in [0, 0.05) is 36.2 Å². The van der Waals surface area contributed by atoms with E-state index in [0.717, 1.165) is 13.0 Å². The molecule has 0 radical (unpaired) electrons. The summed E-state index contributed by atoms with van der Waals surface area (Å²) in [5, 5.41) is 10.8. The first-order valence-corrected chi connectivity index (χ1v) is 7.32. The Bertz CT molecular complexity index is 761. The normalized spacial score (nSPS) is 27.8. The lowest BCUT2D eigenvalue weighted by atomic mass is 9.74. The van der Waals surface area contributed by atoms with Crippen LogP contribution in [-0.4, -0.2) is 33.1 Å². The number of carbonyl (C=O) groups is 1. The number of para-hydroxylation sites is 1. The Kier molecular flexibility index (Phi) is 2.54. The third-order valence-electron chi connectivity index (χ3n) is 5.14. The average Bonchev–Trinajstić information content (AvgIpc) is 2.73. The minimum atomic E-state index is -0.723. The van der Waals surface area contributed by atoms with E-state index in [0.29, 0.717) is 0 Å². The highest BCUT2D eigenvalue weighted by Crippen LogP contribution is 2.50. The molecule has 2 aliphatic heterocycles. The molecule has 1 aromatic heterocycles. The molecule has 0 unspecified atom stereocenters. The molecule has 0 bridgehead atoms. The van der Waals surface area contributed by atoms with Crippen LogP contribution in [0.25, 0.3) is 10.9 Å². The van der Waals surface area contributed by atoms with Gasteiger partial charge in [0.1, 0.15) is 0 Å². The standard InChI is InChI=1S/C17H18N2O2/c1-3-12-14(17(20)21)16-15-11(8-9-19(12)16)10-6-4-5-7-13(10)18(15)2/h3-7,12,14,16H,1,8-9H2,2H3,(H,20,21)/t12-,14+,16+/m1/s1. The molecule has 1 saturated heterocycles. The molecule has 3 atom stereocenters. The number of aryl methyl sites for hydroxylation is 1. The average molecular weight is 282 g/mol. The zero-order valence-corrected chi connectivity index (χ0v) is 12.0. The van der Waals surface area contributed by atoms with Gasteiger partial charge in [0.05, 0.1) is 12.0 Å². The molecule has 0 saturated carbocycles. The van der Waals surface area contributed by atoms with E-state index in [4.69, 9.17) is 0 Å². The van der Waals surface area contributed by atoms with Crippen LogP contribution in [0.5, 0.6) is 0 Å². The molecule has 1 N–H and O–H groups in total. The van der Waals surface area contributed by atoms with E-state index in [9.17, 15) is 9.90 Å². The fourth-order valence-electron chi connectivity index (χ4n) is 4.23. The molecule has 3 heterocycles. The predicted molar refractivity (Wildman–Crippen MR) is 81.2 cm³/mol. The quantitative estimate of drug-likeness (QED) is 0.860. The van der Waals surface area contributed by atoms with Crippen molar-refractivity contribution in [1.82, 2.24) is 9.47 Å². The predicted octanol–water partition coefficient (Wildman–Crippen LogP) is 2.35. The maximum absolute atomic E-state index is 11.7. The monoisotopic (exact) mass is 282 g/mol. The fourth-order valence-corrected chi connectivity index (χ4v) is 4.23. The van der Waals surface area contributed by atoms with Crippen LogP contribution in [0.4, 0.5) is 0 Å². The van der Waals surface area contributed by atoms with Crippen LogP contribution >= 0.6 is 0 Å². The molecule has 1 aromatic carbocycles. The first-order chi connectivity index (χ1) is 10.1. The number of nitrogens with zero attached hydrogens (tertiary/aromatic N) is 2. The van der Waals surface area contributed by atoms with Crippen LogP contribution in [0.15, 0.2) is 36.9 Å². The summed E-state index contributed by atoms with van der Waals surface area (Å²) in [4.78, 5) is 13.9. The summed E-state index contributed by atoms with van der Waals surface area (Å²) in [5.74, 6) is -1.11. The Morgan fingerprint density at radius 2 is 2.19 bits per heavy atom. The van der Waals surface area contributed by atoms with Crippen molar-refractivity contribution in [1.29, 1.82) is 0 Å². The van der Waals surface area contributed by atoms with Gasteiger partial charge in [0.25, 0.3) is 0 Å². The molecule has 4 heteroatoms. The van der Waals surface area contributed by atoms with Crippen molar-refractivity contribution < 1.29 is 9.90 Å². The molecule has 4 rings (SSSR count). The second-order valence-corrected chi connectivity index (χ2v) is 5.96. The molecule has 0 amide bonds. The Balaban J connectivity index is 1.92. The van der Waals surface area contributed by atoms with Gasteiger partial charge < -0.3 is 9.67 Å². The number of fused-ring (bicyclic) bond motifs is 5. The fraction of sp³-hybridized carbons (Fsp3) is 0.353. The number of hydrogen-bond donors (Lipinski definition) is 1. The summed E-state index contributed by atoms with van der Waals surface area (Å²) in [6.07, 6.45) is 2.76. The van der Waals surface area contributed by atoms with Crippen molar-refractivity contribution in [2.24, 2.45) is 13.0 Å². The van der Waals surface area contributed by atoms with Crippen molar-refractivity contribution in [2.75, 3.05) is 6.54 Å². The lowest BCUT2D eigenvalue weighted by molar-refractivity contribution is -0.159. The van der Waals surface area contributed by atoms with E-state index < -0.39 is 5.97 Å². The summed E-state index contributed by atoms with van der Waals surface area (Å²) >= 11 is 0. The van der Waals surface area contributed by atoms with Gasteiger partial charge in [-0.2, -0.15) is 0 Å². The molecule has 21 heavy (non-hydrogen) atoms. The number of aromatic nitrogens is 1. The van der Waals surface area contributed by atoms with Gasteiger partial charge in [-0.05, 0) is 18.1 Å². The maximum Gasteiger partial charge on any atom is 0.310 e. The van der Waals surface area contributed by atoms with Crippen LogP contribution < -0.4 is 0 Å². The van der Waals surface area contributed by atoms with Gasteiger partial charge in [-0.3, -0.25) is 9.69 Å². The third kappa shape index (κ3) is 1.45. The summed E-state index contributed by atoms with van der Waals surface area (Å²) < 4.78 is 2.18. The molecule has 0 spiro atoms. The largest absolute Gasteiger partial charge is 0.481 e. The molecule has 0 aliphatic carbocycles. The van der Waals surface area contributed by atoms with Gasteiger partial charge in [-0.1, -0.05) is 24.3 Å². The second-order valence-electron chi connectivity index (χ2n) is 5.96. The molecule has 2 aliphatic rings. The lowest BCUT2D eigenvalue weighted by Gasteiger charge is -2.54. The van der Waals surface area contributed by atoms with Crippen LogP contribution in [0, 0.1) is 5.92 Å². The lowest BCUT2D eigenvalue weighted by Crippen LogP contribution is -2.62. The number of benzene rings is 1. The van der Waals surface area contributed by atoms with Crippen molar-refractivity contribution >= 4 is 16.9 Å². The van der Waals surface area contributed by atoms with Gasteiger partial charge in [0.15, 0.2) is 0 Å². The zero-order chi connectivity index (χ0) is 14.7. The number of carboxylic acid groups (broad SMARTS) is 1. The molecular weight excluding hydrogens is 264 g/mol.